The van der Waals surface area contributed by atoms with Gasteiger partial charge in [-0.25, -0.2) is 0 Å². The Morgan fingerprint density at radius 3 is 2.33 bits per heavy atom. The molecule has 1 heterocycles. The van der Waals surface area contributed by atoms with Crippen molar-refractivity contribution >= 4 is 17.5 Å². The molecular formula is C22H21N3O2. The highest BCUT2D eigenvalue weighted by atomic mass is 16.2. The van der Waals surface area contributed by atoms with Gasteiger partial charge in [-0.1, -0.05) is 42.5 Å². The van der Waals surface area contributed by atoms with Gasteiger partial charge in [0.05, 0.1) is 0 Å². The molecule has 0 bridgehead atoms. The summed E-state index contributed by atoms with van der Waals surface area (Å²) in [5.74, 6) is -0.594. The molecule has 0 aliphatic rings. The largest absolute Gasteiger partial charge is 0.348 e. The highest BCUT2D eigenvalue weighted by Gasteiger charge is 2.13. The van der Waals surface area contributed by atoms with Crippen molar-refractivity contribution in [1.82, 2.24) is 10.3 Å². The van der Waals surface area contributed by atoms with Gasteiger partial charge in [-0.2, -0.15) is 0 Å². The molecule has 1 aromatic heterocycles. The van der Waals surface area contributed by atoms with Crippen LogP contribution in [0, 0.1) is 13.8 Å². The normalized spacial score (nSPS) is 10.3. The van der Waals surface area contributed by atoms with E-state index < -0.39 is 0 Å². The van der Waals surface area contributed by atoms with Crippen molar-refractivity contribution in [2.24, 2.45) is 0 Å². The van der Waals surface area contributed by atoms with Crippen LogP contribution in [0.5, 0.6) is 0 Å². The smallest absolute Gasteiger partial charge is 0.274 e. The van der Waals surface area contributed by atoms with Gasteiger partial charge in [0.1, 0.15) is 5.69 Å². The van der Waals surface area contributed by atoms with Crippen molar-refractivity contribution < 1.29 is 9.59 Å². The molecule has 0 aliphatic heterocycles. The van der Waals surface area contributed by atoms with Crippen molar-refractivity contribution in [2.75, 3.05) is 5.32 Å². The van der Waals surface area contributed by atoms with Crippen molar-refractivity contribution in [2.45, 2.75) is 20.4 Å². The average Bonchev–Trinajstić information content (AvgIpc) is 2.69. The van der Waals surface area contributed by atoms with Crippen LogP contribution in [0.4, 0.5) is 5.69 Å². The van der Waals surface area contributed by atoms with Gasteiger partial charge < -0.3 is 10.6 Å². The molecule has 3 aromatic rings. The van der Waals surface area contributed by atoms with E-state index in [0.717, 1.165) is 22.4 Å². The van der Waals surface area contributed by atoms with Crippen molar-refractivity contribution in [3.8, 4) is 0 Å². The molecule has 2 N–H and O–H groups in total. The van der Waals surface area contributed by atoms with Crippen molar-refractivity contribution in [3.63, 3.8) is 0 Å². The third-order valence-electron chi connectivity index (χ3n) is 4.35. The molecule has 2 amide bonds. The molecule has 0 atom stereocenters. The van der Waals surface area contributed by atoms with Gasteiger partial charge in [0.2, 0.25) is 0 Å². The molecule has 0 saturated heterocycles. The lowest BCUT2D eigenvalue weighted by atomic mass is 10.1. The van der Waals surface area contributed by atoms with E-state index >= 15 is 0 Å². The molecule has 0 spiro atoms. The third-order valence-corrected chi connectivity index (χ3v) is 4.35. The molecule has 5 heteroatoms. The number of aromatic nitrogens is 1. The van der Waals surface area contributed by atoms with Crippen molar-refractivity contribution in [3.05, 3.63) is 94.8 Å². The van der Waals surface area contributed by atoms with Crippen LogP contribution in [0.25, 0.3) is 0 Å². The summed E-state index contributed by atoms with van der Waals surface area (Å²) < 4.78 is 0. The van der Waals surface area contributed by atoms with E-state index in [4.69, 9.17) is 0 Å². The number of carbonyl (C=O) groups is 2. The lowest BCUT2D eigenvalue weighted by Crippen LogP contribution is -2.24. The lowest BCUT2D eigenvalue weighted by molar-refractivity contribution is 0.0950. The van der Waals surface area contributed by atoms with E-state index in [1.54, 1.807) is 6.07 Å². The molecular weight excluding hydrogens is 338 g/mol. The number of pyridine rings is 1. The molecule has 2 aromatic carbocycles. The predicted octanol–water partition coefficient (Wildman–Crippen LogP) is 3.88. The minimum atomic E-state index is -0.349. The number of aryl methyl sites for hydroxylation is 2. The Balaban J connectivity index is 1.69. The first-order valence-electron chi connectivity index (χ1n) is 8.70. The van der Waals surface area contributed by atoms with Gasteiger partial charge in [-0.15, -0.1) is 0 Å². The quantitative estimate of drug-likeness (QED) is 0.726. The second kappa shape index (κ2) is 8.27. The first-order valence-corrected chi connectivity index (χ1v) is 8.70. The number of hydrogen-bond acceptors (Lipinski definition) is 3. The van der Waals surface area contributed by atoms with Crippen LogP contribution in [0.3, 0.4) is 0 Å². The second-order valence-electron chi connectivity index (χ2n) is 6.31. The van der Waals surface area contributed by atoms with Gasteiger partial charge in [0, 0.05) is 24.0 Å². The van der Waals surface area contributed by atoms with Crippen molar-refractivity contribution in [1.29, 1.82) is 0 Å². The number of amides is 2. The van der Waals surface area contributed by atoms with E-state index in [-0.39, 0.29) is 17.5 Å². The number of rotatable bonds is 5. The van der Waals surface area contributed by atoms with Crippen LogP contribution in [-0.2, 0) is 6.54 Å². The first-order chi connectivity index (χ1) is 13.0. The molecule has 0 fully saturated rings. The standard InChI is InChI=1S/C22H21N3O2/c1-15-7-3-5-9-18(15)14-24-21(26)17-11-12-23-20(13-17)22(27)25-19-10-6-4-8-16(19)2/h3-13H,14H2,1-2H3,(H,24,26)(H,25,27). The summed E-state index contributed by atoms with van der Waals surface area (Å²) in [5.41, 5.74) is 4.44. The Morgan fingerprint density at radius 2 is 1.59 bits per heavy atom. The van der Waals surface area contributed by atoms with E-state index in [9.17, 15) is 9.59 Å². The van der Waals surface area contributed by atoms with Crippen LogP contribution in [-0.4, -0.2) is 16.8 Å². The van der Waals surface area contributed by atoms with Gasteiger partial charge >= 0.3 is 0 Å². The van der Waals surface area contributed by atoms with Crippen LogP contribution in [0.15, 0.2) is 66.9 Å². The molecule has 0 saturated carbocycles. The SMILES string of the molecule is Cc1ccccc1CNC(=O)c1ccnc(C(=O)Nc2ccccc2C)c1. The van der Waals surface area contributed by atoms with Crippen LogP contribution >= 0.6 is 0 Å². The highest BCUT2D eigenvalue weighted by molar-refractivity contribution is 6.05. The van der Waals surface area contributed by atoms with Gasteiger partial charge in [0.25, 0.3) is 11.8 Å². The maximum Gasteiger partial charge on any atom is 0.274 e. The second-order valence-corrected chi connectivity index (χ2v) is 6.31. The fourth-order valence-corrected chi connectivity index (χ4v) is 2.68. The zero-order valence-corrected chi connectivity index (χ0v) is 15.3. The zero-order chi connectivity index (χ0) is 19.2. The molecule has 0 unspecified atom stereocenters. The van der Waals surface area contributed by atoms with E-state index in [1.165, 1.54) is 12.3 Å². The summed E-state index contributed by atoms with van der Waals surface area (Å²) in [5, 5.41) is 5.71. The maximum atomic E-state index is 12.5. The number of hydrogen-bond donors (Lipinski definition) is 2. The number of anilines is 1. The molecule has 27 heavy (non-hydrogen) atoms. The molecule has 5 nitrogen and oxygen atoms in total. The van der Waals surface area contributed by atoms with Crippen LogP contribution < -0.4 is 10.6 Å². The Kier molecular flexibility index (Phi) is 5.61. The zero-order valence-electron chi connectivity index (χ0n) is 15.3. The highest BCUT2D eigenvalue weighted by Crippen LogP contribution is 2.14. The summed E-state index contributed by atoms with van der Waals surface area (Å²) in [6.45, 7) is 4.35. The minimum Gasteiger partial charge on any atom is -0.348 e. The number of nitrogens with one attached hydrogen (secondary N) is 2. The van der Waals surface area contributed by atoms with Gasteiger partial charge in [-0.05, 0) is 48.7 Å². The maximum absolute atomic E-state index is 12.5. The third kappa shape index (κ3) is 4.58. The molecule has 136 valence electrons. The first kappa shape index (κ1) is 18.3. The average molecular weight is 359 g/mol. The fraction of sp³-hybridized carbons (Fsp3) is 0.136. The topological polar surface area (TPSA) is 71.1 Å². The summed E-state index contributed by atoms with van der Waals surface area (Å²) >= 11 is 0. The van der Waals surface area contributed by atoms with Crippen LogP contribution in [0.2, 0.25) is 0 Å². The fourth-order valence-electron chi connectivity index (χ4n) is 2.68. The number of para-hydroxylation sites is 1. The number of nitrogens with zero attached hydrogens (tertiary/aromatic N) is 1. The van der Waals surface area contributed by atoms with E-state index in [2.05, 4.69) is 15.6 Å². The molecule has 3 rings (SSSR count). The number of carbonyl (C=O) groups excluding carboxylic acids is 2. The van der Waals surface area contributed by atoms with E-state index in [1.807, 2.05) is 62.4 Å². The van der Waals surface area contributed by atoms with Crippen LogP contribution in [0.1, 0.15) is 37.5 Å². The Hall–Kier alpha value is -3.47. The lowest BCUT2D eigenvalue weighted by Gasteiger charge is -2.10. The minimum absolute atomic E-state index is 0.196. The summed E-state index contributed by atoms with van der Waals surface area (Å²) in [7, 11) is 0. The number of benzene rings is 2. The Morgan fingerprint density at radius 1 is 0.889 bits per heavy atom. The Labute approximate surface area is 158 Å². The van der Waals surface area contributed by atoms with Gasteiger partial charge in [-0.3, -0.25) is 14.6 Å². The predicted molar refractivity (Wildman–Crippen MR) is 106 cm³/mol. The summed E-state index contributed by atoms with van der Waals surface area (Å²) in [6.07, 6.45) is 1.47. The van der Waals surface area contributed by atoms with Gasteiger partial charge in [0.15, 0.2) is 0 Å². The molecule has 0 aliphatic carbocycles. The summed E-state index contributed by atoms with van der Waals surface area (Å²) in [4.78, 5) is 29.0. The monoisotopic (exact) mass is 359 g/mol. The Bertz CT molecular complexity index is 983. The summed E-state index contributed by atoms with van der Waals surface area (Å²) in [6, 6.07) is 18.5. The van der Waals surface area contributed by atoms with E-state index in [0.29, 0.717) is 12.1 Å². The molecule has 0 radical (unpaired) electrons.